The quantitative estimate of drug-likeness (QED) is 0.718. The van der Waals surface area contributed by atoms with Gasteiger partial charge in [-0.1, -0.05) is 48.9 Å². The van der Waals surface area contributed by atoms with E-state index in [2.05, 4.69) is 49.5 Å². The molecule has 0 aliphatic heterocycles. The molecule has 0 spiro atoms. The monoisotopic (exact) mass is 339 g/mol. The predicted molar refractivity (Wildman–Crippen MR) is 103 cm³/mol. The maximum atomic E-state index is 12.4. The molecule has 2 aromatic rings. The van der Waals surface area contributed by atoms with Crippen molar-refractivity contribution in [3.05, 3.63) is 64.7 Å². The van der Waals surface area contributed by atoms with E-state index in [1.54, 1.807) is 0 Å². The second kappa shape index (κ2) is 9.26. The molecular weight excluding hydrogens is 310 g/mol. The molecule has 2 rings (SSSR count). The first-order valence-corrected chi connectivity index (χ1v) is 9.07. The number of amides is 1. The van der Waals surface area contributed by atoms with E-state index in [1.807, 2.05) is 26.0 Å². The number of benzene rings is 2. The van der Waals surface area contributed by atoms with E-state index in [-0.39, 0.29) is 5.91 Å². The number of hydrogen-bond acceptors (Lipinski definition) is 2. The average molecular weight is 339 g/mol. The Balaban J connectivity index is 1.82. The first-order chi connectivity index (χ1) is 12.0. The third-order valence-electron chi connectivity index (χ3n) is 4.51. The molecule has 0 bridgehead atoms. The van der Waals surface area contributed by atoms with Gasteiger partial charge in [-0.2, -0.15) is 0 Å². The average Bonchev–Trinajstić information content (AvgIpc) is 2.60. The van der Waals surface area contributed by atoms with E-state index in [9.17, 15) is 4.79 Å². The molecule has 134 valence electrons. The summed E-state index contributed by atoms with van der Waals surface area (Å²) in [4.78, 5) is 12.4. The van der Waals surface area contributed by atoms with Gasteiger partial charge in [0, 0.05) is 6.54 Å². The molecule has 0 saturated heterocycles. The first kappa shape index (κ1) is 19.0. The highest BCUT2D eigenvalue weighted by atomic mass is 16.5. The summed E-state index contributed by atoms with van der Waals surface area (Å²) in [6.45, 7) is 8.81. The van der Waals surface area contributed by atoms with E-state index in [4.69, 9.17) is 4.74 Å². The van der Waals surface area contributed by atoms with Crippen LogP contribution in [-0.2, 0) is 11.2 Å². The maximum Gasteiger partial charge on any atom is 0.261 e. The lowest BCUT2D eigenvalue weighted by Gasteiger charge is -2.19. The van der Waals surface area contributed by atoms with Crippen LogP contribution in [0, 0.1) is 20.8 Å². The van der Waals surface area contributed by atoms with Crippen LogP contribution < -0.4 is 10.1 Å². The van der Waals surface area contributed by atoms with Gasteiger partial charge in [-0.25, -0.2) is 0 Å². The van der Waals surface area contributed by atoms with Crippen LogP contribution in [0.15, 0.2) is 42.5 Å². The van der Waals surface area contributed by atoms with Crippen molar-refractivity contribution in [3.8, 4) is 5.75 Å². The molecule has 1 amide bonds. The van der Waals surface area contributed by atoms with Gasteiger partial charge in [0.2, 0.25) is 0 Å². The standard InChI is InChI=1S/C22H29NO2/c1-5-20(25-21-13-7-10-17(3)18(21)4)22(24)23-14-8-12-19-11-6-9-16(2)15-19/h6-7,9-11,13,15,20H,5,8,12,14H2,1-4H3,(H,23,24). The molecule has 0 aromatic heterocycles. The molecule has 3 heteroatoms. The fourth-order valence-electron chi connectivity index (χ4n) is 2.81. The predicted octanol–water partition coefficient (Wildman–Crippen LogP) is 4.52. The summed E-state index contributed by atoms with van der Waals surface area (Å²) in [6, 6.07) is 14.4. The van der Waals surface area contributed by atoms with Crippen molar-refractivity contribution in [1.82, 2.24) is 5.32 Å². The lowest BCUT2D eigenvalue weighted by molar-refractivity contribution is -0.128. The van der Waals surface area contributed by atoms with Gasteiger partial charge in [-0.05, 0) is 62.8 Å². The van der Waals surface area contributed by atoms with Gasteiger partial charge in [0.25, 0.3) is 5.91 Å². The van der Waals surface area contributed by atoms with Crippen LogP contribution in [0.25, 0.3) is 0 Å². The van der Waals surface area contributed by atoms with Crippen molar-refractivity contribution in [2.45, 2.75) is 53.1 Å². The Hall–Kier alpha value is -2.29. The lowest BCUT2D eigenvalue weighted by atomic mass is 10.1. The molecule has 1 N–H and O–H groups in total. The van der Waals surface area contributed by atoms with Gasteiger partial charge >= 0.3 is 0 Å². The Kier molecular flexibility index (Phi) is 7.05. The number of hydrogen-bond donors (Lipinski definition) is 1. The number of nitrogens with one attached hydrogen (secondary N) is 1. The van der Waals surface area contributed by atoms with Crippen LogP contribution in [0.3, 0.4) is 0 Å². The third kappa shape index (κ3) is 5.63. The van der Waals surface area contributed by atoms with Gasteiger partial charge < -0.3 is 10.1 Å². The summed E-state index contributed by atoms with van der Waals surface area (Å²) in [5, 5.41) is 3.01. The van der Waals surface area contributed by atoms with E-state index < -0.39 is 6.10 Å². The van der Waals surface area contributed by atoms with Crippen LogP contribution in [0.4, 0.5) is 0 Å². The summed E-state index contributed by atoms with van der Waals surface area (Å²) >= 11 is 0. The van der Waals surface area contributed by atoms with Crippen LogP contribution in [0.5, 0.6) is 5.75 Å². The minimum Gasteiger partial charge on any atom is -0.480 e. The van der Waals surface area contributed by atoms with Crippen LogP contribution in [-0.4, -0.2) is 18.6 Å². The van der Waals surface area contributed by atoms with Crippen LogP contribution in [0.2, 0.25) is 0 Å². The van der Waals surface area contributed by atoms with Crippen molar-refractivity contribution in [2.75, 3.05) is 6.54 Å². The fourth-order valence-corrected chi connectivity index (χ4v) is 2.81. The summed E-state index contributed by atoms with van der Waals surface area (Å²) in [5.41, 5.74) is 4.85. The highest BCUT2D eigenvalue weighted by Gasteiger charge is 2.18. The molecule has 0 radical (unpaired) electrons. The normalized spacial score (nSPS) is 11.8. The molecule has 0 fully saturated rings. The number of rotatable bonds is 8. The van der Waals surface area contributed by atoms with Gasteiger partial charge in [0.05, 0.1) is 0 Å². The number of carbonyl (C=O) groups is 1. The topological polar surface area (TPSA) is 38.3 Å². The molecule has 2 aromatic carbocycles. The Bertz CT molecular complexity index is 709. The molecule has 0 heterocycles. The van der Waals surface area contributed by atoms with Gasteiger partial charge in [0.1, 0.15) is 5.75 Å². The van der Waals surface area contributed by atoms with Gasteiger partial charge in [-0.3, -0.25) is 4.79 Å². The molecule has 1 unspecified atom stereocenters. The second-order valence-electron chi connectivity index (χ2n) is 6.60. The van der Waals surface area contributed by atoms with E-state index >= 15 is 0 Å². The number of aryl methyl sites for hydroxylation is 3. The second-order valence-corrected chi connectivity index (χ2v) is 6.60. The third-order valence-corrected chi connectivity index (χ3v) is 4.51. The molecule has 25 heavy (non-hydrogen) atoms. The molecule has 0 aliphatic rings. The Morgan fingerprint density at radius 3 is 2.60 bits per heavy atom. The zero-order chi connectivity index (χ0) is 18.2. The first-order valence-electron chi connectivity index (χ1n) is 9.07. The van der Waals surface area contributed by atoms with Gasteiger partial charge in [-0.15, -0.1) is 0 Å². The highest BCUT2D eigenvalue weighted by Crippen LogP contribution is 2.22. The molecule has 0 aliphatic carbocycles. The Morgan fingerprint density at radius 2 is 1.88 bits per heavy atom. The summed E-state index contributed by atoms with van der Waals surface area (Å²) < 4.78 is 5.96. The molecule has 1 atom stereocenters. The van der Waals surface area contributed by atoms with Crippen LogP contribution in [0.1, 0.15) is 42.0 Å². The minimum atomic E-state index is -0.445. The lowest BCUT2D eigenvalue weighted by Crippen LogP contribution is -2.38. The minimum absolute atomic E-state index is 0.0346. The highest BCUT2D eigenvalue weighted by molar-refractivity contribution is 5.81. The van der Waals surface area contributed by atoms with E-state index in [0.717, 1.165) is 24.2 Å². The Morgan fingerprint density at radius 1 is 1.12 bits per heavy atom. The van der Waals surface area contributed by atoms with Crippen molar-refractivity contribution in [3.63, 3.8) is 0 Å². The summed E-state index contributed by atoms with van der Waals surface area (Å²) in [6.07, 6.45) is 2.10. The van der Waals surface area contributed by atoms with Gasteiger partial charge in [0.15, 0.2) is 6.10 Å². The van der Waals surface area contributed by atoms with Crippen molar-refractivity contribution >= 4 is 5.91 Å². The zero-order valence-corrected chi connectivity index (χ0v) is 15.8. The summed E-state index contributed by atoms with van der Waals surface area (Å²) in [7, 11) is 0. The van der Waals surface area contributed by atoms with E-state index in [1.165, 1.54) is 16.7 Å². The zero-order valence-electron chi connectivity index (χ0n) is 15.8. The SMILES string of the molecule is CCC(Oc1cccc(C)c1C)C(=O)NCCCc1cccc(C)c1. The van der Waals surface area contributed by atoms with Crippen LogP contribution >= 0.6 is 0 Å². The molecule has 0 saturated carbocycles. The Labute approximate surface area is 151 Å². The number of carbonyl (C=O) groups excluding carboxylic acids is 1. The van der Waals surface area contributed by atoms with E-state index in [0.29, 0.717) is 13.0 Å². The molecular formula is C22H29NO2. The molecule has 3 nitrogen and oxygen atoms in total. The smallest absolute Gasteiger partial charge is 0.261 e. The number of ether oxygens (including phenoxy) is 1. The largest absolute Gasteiger partial charge is 0.480 e. The van der Waals surface area contributed by atoms with Crippen molar-refractivity contribution < 1.29 is 9.53 Å². The van der Waals surface area contributed by atoms with Crippen molar-refractivity contribution in [2.24, 2.45) is 0 Å². The van der Waals surface area contributed by atoms with Crippen molar-refractivity contribution in [1.29, 1.82) is 0 Å². The fraction of sp³-hybridized carbons (Fsp3) is 0.409. The summed E-state index contributed by atoms with van der Waals surface area (Å²) in [5.74, 6) is 0.759. The maximum absolute atomic E-state index is 12.4.